The van der Waals surface area contributed by atoms with Crippen LogP contribution in [-0.2, 0) is 0 Å². The zero-order valence-corrected chi connectivity index (χ0v) is 7.24. The summed E-state index contributed by atoms with van der Waals surface area (Å²) in [6.07, 6.45) is 0. The standard InChI is InChI=1S/C8H8BFO4/c10-5-1-2-6-8(7(5)9(11)12)14-4-3-13-6/h1-2,11-12H,3-4H2. The molecule has 74 valence electrons. The van der Waals surface area contributed by atoms with Gasteiger partial charge in [-0.3, -0.25) is 0 Å². The molecule has 4 nitrogen and oxygen atoms in total. The normalized spacial score (nSPS) is 13.9. The van der Waals surface area contributed by atoms with Crippen molar-refractivity contribution in [2.75, 3.05) is 13.2 Å². The summed E-state index contributed by atoms with van der Waals surface area (Å²) < 4.78 is 23.4. The largest absolute Gasteiger partial charge is 0.495 e. The number of rotatable bonds is 1. The summed E-state index contributed by atoms with van der Waals surface area (Å²) in [6.45, 7) is 0.649. The number of ether oxygens (including phenoxy) is 2. The molecule has 0 spiro atoms. The number of hydrogen-bond acceptors (Lipinski definition) is 4. The van der Waals surface area contributed by atoms with Crippen molar-refractivity contribution in [3.63, 3.8) is 0 Å². The van der Waals surface area contributed by atoms with E-state index in [1.54, 1.807) is 0 Å². The molecule has 0 amide bonds. The lowest BCUT2D eigenvalue weighted by molar-refractivity contribution is 0.172. The van der Waals surface area contributed by atoms with Crippen molar-refractivity contribution < 1.29 is 23.9 Å². The van der Waals surface area contributed by atoms with Crippen LogP contribution in [0, 0.1) is 5.82 Å². The van der Waals surface area contributed by atoms with E-state index >= 15 is 0 Å². The van der Waals surface area contributed by atoms with Crippen LogP contribution >= 0.6 is 0 Å². The second kappa shape index (κ2) is 3.47. The Morgan fingerprint density at radius 3 is 2.64 bits per heavy atom. The highest BCUT2D eigenvalue weighted by Crippen LogP contribution is 2.28. The Balaban J connectivity index is 2.55. The topological polar surface area (TPSA) is 58.9 Å². The van der Waals surface area contributed by atoms with Crippen LogP contribution in [0.25, 0.3) is 0 Å². The van der Waals surface area contributed by atoms with Crippen molar-refractivity contribution in [3.8, 4) is 11.5 Å². The van der Waals surface area contributed by atoms with Crippen LogP contribution in [0.5, 0.6) is 11.5 Å². The van der Waals surface area contributed by atoms with Crippen molar-refractivity contribution in [1.82, 2.24) is 0 Å². The highest BCUT2D eigenvalue weighted by atomic mass is 19.1. The molecule has 0 atom stereocenters. The maximum absolute atomic E-state index is 13.2. The van der Waals surface area contributed by atoms with Gasteiger partial charge in [-0.15, -0.1) is 0 Å². The van der Waals surface area contributed by atoms with E-state index < -0.39 is 12.9 Å². The molecule has 0 saturated carbocycles. The smallest absolute Gasteiger partial charge is 0.486 e. The van der Waals surface area contributed by atoms with Crippen molar-refractivity contribution in [2.24, 2.45) is 0 Å². The molecule has 0 saturated heterocycles. The lowest BCUT2D eigenvalue weighted by Crippen LogP contribution is -2.36. The summed E-state index contributed by atoms with van der Waals surface area (Å²) in [5.74, 6) is -0.309. The van der Waals surface area contributed by atoms with Gasteiger partial charge in [-0.1, -0.05) is 0 Å². The van der Waals surface area contributed by atoms with Crippen LogP contribution in [-0.4, -0.2) is 30.4 Å². The van der Waals surface area contributed by atoms with E-state index in [9.17, 15) is 4.39 Å². The fraction of sp³-hybridized carbons (Fsp3) is 0.250. The first-order valence-corrected chi connectivity index (χ1v) is 4.14. The van der Waals surface area contributed by atoms with E-state index in [4.69, 9.17) is 19.5 Å². The SMILES string of the molecule is OB(O)c1c(F)ccc2c1OCCO2. The molecule has 0 aromatic heterocycles. The van der Waals surface area contributed by atoms with Gasteiger partial charge >= 0.3 is 7.12 Å². The third-order valence-corrected chi connectivity index (χ3v) is 1.95. The summed E-state index contributed by atoms with van der Waals surface area (Å²) in [5.41, 5.74) is -0.276. The molecule has 0 aliphatic carbocycles. The van der Waals surface area contributed by atoms with Crippen LogP contribution < -0.4 is 14.9 Å². The second-order valence-electron chi connectivity index (χ2n) is 2.86. The molecule has 1 aromatic carbocycles. The van der Waals surface area contributed by atoms with E-state index in [1.165, 1.54) is 6.07 Å². The van der Waals surface area contributed by atoms with Crippen molar-refractivity contribution >= 4 is 12.6 Å². The van der Waals surface area contributed by atoms with Crippen molar-refractivity contribution in [3.05, 3.63) is 17.9 Å². The molecule has 1 aromatic rings. The van der Waals surface area contributed by atoms with Gasteiger partial charge in [-0.2, -0.15) is 0 Å². The van der Waals surface area contributed by atoms with E-state index in [0.717, 1.165) is 6.07 Å². The van der Waals surface area contributed by atoms with E-state index in [-0.39, 0.29) is 17.8 Å². The summed E-state index contributed by atoms with van der Waals surface area (Å²) in [6, 6.07) is 2.51. The minimum Gasteiger partial charge on any atom is -0.486 e. The lowest BCUT2D eigenvalue weighted by Gasteiger charge is -2.21. The highest BCUT2D eigenvalue weighted by molar-refractivity contribution is 6.60. The van der Waals surface area contributed by atoms with E-state index in [0.29, 0.717) is 12.4 Å². The first kappa shape index (κ1) is 9.30. The zero-order chi connectivity index (χ0) is 10.1. The number of hydrogen-bond donors (Lipinski definition) is 2. The van der Waals surface area contributed by atoms with Crippen molar-refractivity contribution in [1.29, 1.82) is 0 Å². The maximum atomic E-state index is 13.2. The molecule has 1 aliphatic rings. The Morgan fingerprint density at radius 1 is 1.21 bits per heavy atom. The van der Waals surface area contributed by atoms with Crippen LogP contribution in [0.2, 0.25) is 0 Å². The Morgan fingerprint density at radius 2 is 1.93 bits per heavy atom. The van der Waals surface area contributed by atoms with Gasteiger partial charge < -0.3 is 19.5 Å². The van der Waals surface area contributed by atoms with Gasteiger partial charge in [0.15, 0.2) is 11.5 Å². The first-order chi connectivity index (χ1) is 6.70. The molecule has 2 rings (SSSR count). The second-order valence-corrected chi connectivity index (χ2v) is 2.86. The van der Waals surface area contributed by atoms with Gasteiger partial charge in [0.05, 0.1) is 5.46 Å². The fourth-order valence-electron chi connectivity index (χ4n) is 1.35. The molecule has 1 aliphatic heterocycles. The highest BCUT2D eigenvalue weighted by Gasteiger charge is 2.27. The zero-order valence-electron chi connectivity index (χ0n) is 7.24. The molecule has 14 heavy (non-hydrogen) atoms. The van der Waals surface area contributed by atoms with Gasteiger partial charge in [0.1, 0.15) is 19.0 Å². The molecule has 2 N–H and O–H groups in total. The average Bonchev–Trinajstić information content (AvgIpc) is 2.17. The molecule has 0 fully saturated rings. The molecule has 0 radical (unpaired) electrons. The maximum Gasteiger partial charge on any atom is 0.495 e. The van der Waals surface area contributed by atoms with Gasteiger partial charge in [-0.05, 0) is 12.1 Å². The van der Waals surface area contributed by atoms with Crippen molar-refractivity contribution in [2.45, 2.75) is 0 Å². The number of fused-ring (bicyclic) bond motifs is 1. The fourth-order valence-corrected chi connectivity index (χ4v) is 1.35. The summed E-state index contributed by atoms with van der Waals surface area (Å²) in [4.78, 5) is 0. The van der Waals surface area contributed by atoms with Crippen LogP contribution in [0.15, 0.2) is 12.1 Å². The molecule has 1 heterocycles. The van der Waals surface area contributed by atoms with Gasteiger partial charge in [-0.25, -0.2) is 4.39 Å². The average molecular weight is 198 g/mol. The Labute approximate surface area is 80.0 Å². The van der Waals surface area contributed by atoms with E-state index in [1.807, 2.05) is 0 Å². The van der Waals surface area contributed by atoms with Crippen LogP contribution in [0.1, 0.15) is 0 Å². The third kappa shape index (κ3) is 1.42. The summed E-state index contributed by atoms with van der Waals surface area (Å²) >= 11 is 0. The van der Waals surface area contributed by atoms with Crippen LogP contribution in [0.4, 0.5) is 4.39 Å². The molecule has 0 bridgehead atoms. The Bertz CT molecular complexity index is 355. The predicted octanol–water partition coefficient (Wildman–Crippen LogP) is -0.723. The van der Waals surface area contributed by atoms with Gasteiger partial charge in [0.25, 0.3) is 0 Å². The number of halogens is 1. The summed E-state index contributed by atoms with van der Waals surface area (Å²) in [5, 5.41) is 17.9. The van der Waals surface area contributed by atoms with Gasteiger partial charge in [0.2, 0.25) is 0 Å². The molecule has 6 heteroatoms. The Hall–Kier alpha value is -1.27. The van der Waals surface area contributed by atoms with Gasteiger partial charge in [0, 0.05) is 0 Å². The van der Waals surface area contributed by atoms with E-state index in [2.05, 4.69) is 0 Å². The molecular formula is C8H8BFO4. The minimum absolute atomic E-state index is 0.0752. The minimum atomic E-state index is -1.90. The number of benzene rings is 1. The first-order valence-electron chi connectivity index (χ1n) is 4.14. The third-order valence-electron chi connectivity index (χ3n) is 1.95. The Kier molecular flexibility index (Phi) is 2.31. The monoisotopic (exact) mass is 198 g/mol. The van der Waals surface area contributed by atoms with Crippen LogP contribution in [0.3, 0.4) is 0 Å². The summed E-state index contributed by atoms with van der Waals surface area (Å²) in [7, 11) is -1.90. The lowest BCUT2D eigenvalue weighted by atomic mass is 9.78. The molecular weight excluding hydrogens is 190 g/mol. The predicted molar refractivity (Wildman–Crippen MR) is 47.2 cm³/mol. The quantitative estimate of drug-likeness (QED) is 0.584. The molecule has 0 unspecified atom stereocenters.